The number of halogens is 3. The average Bonchev–Trinajstić information content (AvgIpc) is 3.50. The van der Waals surface area contributed by atoms with Gasteiger partial charge in [0.15, 0.2) is 16.7 Å². The van der Waals surface area contributed by atoms with Crippen LogP contribution in [0.3, 0.4) is 0 Å². The summed E-state index contributed by atoms with van der Waals surface area (Å²) in [6.45, 7) is 8.71. The van der Waals surface area contributed by atoms with Crippen LogP contribution < -0.4 is 20.0 Å². The van der Waals surface area contributed by atoms with Crippen molar-refractivity contribution in [3.05, 3.63) is 76.0 Å². The highest BCUT2D eigenvalue weighted by Gasteiger charge is 2.51. The van der Waals surface area contributed by atoms with Crippen molar-refractivity contribution in [3.63, 3.8) is 0 Å². The molecule has 2 unspecified atom stereocenters. The zero-order valence-corrected chi connectivity index (χ0v) is 28.7. The van der Waals surface area contributed by atoms with E-state index in [1.807, 2.05) is 18.4 Å². The molecule has 0 amide bonds. The van der Waals surface area contributed by atoms with Crippen molar-refractivity contribution in [2.75, 3.05) is 37.5 Å². The Hall–Kier alpha value is -2.21. The van der Waals surface area contributed by atoms with E-state index in [1.54, 1.807) is 0 Å². The number of hydrogen-bond acceptors (Lipinski definition) is 7. The zero-order valence-electron chi connectivity index (χ0n) is 24.6. The van der Waals surface area contributed by atoms with E-state index in [0.29, 0.717) is 48.5 Å². The topological polar surface area (TPSA) is 56.7 Å². The van der Waals surface area contributed by atoms with Gasteiger partial charge in [0.05, 0.1) is 35.7 Å². The molecule has 226 valence electrons. The second kappa shape index (κ2) is 12.3. The van der Waals surface area contributed by atoms with Crippen molar-refractivity contribution < 1.29 is 18.3 Å². The molecule has 0 spiro atoms. The van der Waals surface area contributed by atoms with E-state index in [4.69, 9.17) is 30.5 Å². The van der Waals surface area contributed by atoms with Gasteiger partial charge in [0, 0.05) is 6.61 Å². The number of anilines is 1. The lowest BCUT2D eigenvalue weighted by Gasteiger charge is -2.44. The third kappa shape index (κ3) is 5.48. The molecule has 2 aliphatic rings. The Bertz CT molecular complexity index is 1580. The zero-order chi connectivity index (χ0) is 30.4. The van der Waals surface area contributed by atoms with Crippen LogP contribution >= 0.6 is 39.3 Å². The maximum absolute atomic E-state index is 15.7. The van der Waals surface area contributed by atoms with E-state index in [1.165, 1.54) is 22.1 Å². The lowest BCUT2D eigenvalue weighted by Crippen LogP contribution is -2.67. The molecule has 3 heterocycles. The molecule has 0 bridgehead atoms. The lowest BCUT2D eigenvalue weighted by molar-refractivity contribution is 0.127. The van der Waals surface area contributed by atoms with Crippen molar-refractivity contribution in [2.24, 2.45) is 0 Å². The summed E-state index contributed by atoms with van der Waals surface area (Å²) in [7, 11) is -2.85. The van der Waals surface area contributed by atoms with E-state index < -0.39 is 20.2 Å². The number of thioether (sulfide) groups is 1. The number of ether oxygens (including phenoxy) is 2. The largest absolute Gasteiger partial charge is 0.484 e. The van der Waals surface area contributed by atoms with Crippen molar-refractivity contribution in [1.29, 1.82) is 0 Å². The molecule has 1 aromatic heterocycles. The molecular weight excluding hydrogens is 669 g/mol. The van der Waals surface area contributed by atoms with Gasteiger partial charge in [-0.2, -0.15) is 0 Å². The summed E-state index contributed by atoms with van der Waals surface area (Å²) in [4.78, 5) is 11.6. The Morgan fingerprint density at radius 3 is 2.30 bits per heavy atom. The highest BCUT2D eigenvalue weighted by Crippen LogP contribution is 2.47. The minimum atomic E-state index is -2.85. The lowest BCUT2D eigenvalue weighted by atomic mass is 10.1. The van der Waals surface area contributed by atoms with E-state index in [-0.39, 0.29) is 26.1 Å². The molecule has 0 N–H and O–H groups in total. The molecule has 43 heavy (non-hydrogen) atoms. The summed E-state index contributed by atoms with van der Waals surface area (Å²) in [5.41, 5.74) is 0.179. The predicted octanol–water partition coefficient (Wildman–Crippen LogP) is 6.84. The van der Waals surface area contributed by atoms with Gasteiger partial charge in [-0.05, 0) is 44.0 Å². The second-order valence-corrected chi connectivity index (χ2v) is 18.2. The summed E-state index contributed by atoms with van der Waals surface area (Å²) in [5, 5.41) is 3.28. The molecule has 1 fully saturated rings. The van der Waals surface area contributed by atoms with Crippen LogP contribution in [0.2, 0.25) is 10.1 Å². The van der Waals surface area contributed by atoms with Crippen LogP contribution in [0.25, 0.3) is 10.9 Å². The monoisotopic (exact) mass is 701 g/mol. The van der Waals surface area contributed by atoms with Crippen LogP contribution in [0.4, 0.5) is 10.2 Å². The van der Waals surface area contributed by atoms with Gasteiger partial charge in [-0.25, -0.2) is 14.4 Å². The fraction of sp³-hybridized carbons (Fsp3) is 0.375. The molecule has 1 saturated heterocycles. The molecule has 0 radical (unpaired) electrons. The second-order valence-electron chi connectivity index (χ2n) is 11.9. The van der Waals surface area contributed by atoms with Crippen LogP contribution in [0.15, 0.2) is 70.3 Å². The van der Waals surface area contributed by atoms with Gasteiger partial charge in [0.2, 0.25) is 0 Å². The van der Waals surface area contributed by atoms with Crippen LogP contribution in [-0.2, 0) is 9.16 Å². The van der Waals surface area contributed by atoms with Crippen molar-refractivity contribution in [2.45, 2.75) is 49.5 Å². The maximum atomic E-state index is 15.7. The van der Waals surface area contributed by atoms with Gasteiger partial charge in [-0.1, -0.05) is 105 Å². The average molecular weight is 703 g/mol. The first-order chi connectivity index (χ1) is 20.7. The van der Waals surface area contributed by atoms with Crippen LogP contribution in [0.1, 0.15) is 27.2 Å². The number of aromatic nitrogens is 2. The highest BCUT2D eigenvalue weighted by molar-refractivity contribution is 9.10. The van der Waals surface area contributed by atoms with Gasteiger partial charge in [-0.15, -0.1) is 0 Å². The first kappa shape index (κ1) is 30.8. The summed E-state index contributed by atoms with van der Waals surface area (Å²) in [6, 6.07) is 21.1. The summed E-state index contributed by atoms with van der Waals surface area (Å²) >= 11 is 11.5. The van der Waals surface area contributed by atoms with Gasteiger partial charge >= 0.3 is 0 Å². The predicted molar refractivity (Wildman–Crippen MR) is 179 cm³/mol. The fourth-order valence-electron chi connectivity index (χ4n) is 6.28. The molecule has 2 aliphatic heterocycles. The molecule has 6 nitrogen and oxygen atoms in total. The SMILES string of the molecule is CSc1nc2c3c(c(Cl)c(Br)c(F)c3n1)OC(CO[Si](c1ccccc1)(c1ccccc1)C(C)(C)C)CN2C1CCOC1. The van der Waals surface area contributed by atoms with Crippen molar-refractivity contribution >= 4 is 74.7 Å². The van der Waals surface area contributed by atoms with Gasteiger partial charge in [0.25, 0.3) is 8.32 Å². The molecule has 6 rings (SSSR count). The molecule has 2 atom stereocenters. The number of nitrogens with zero attached hydrogens (tertiary/aromatic N) is 3. The Labute approximate surface area is 270 Å². The highest BCUT2D eigenvalue weighted by atomic mass is 79.9. The standard InChI is InChI=1S/C32H34BrClFN3O3SSi/c1-32(2,3)43(22-11-7-5-8-12-22,23-13-9-6-10-14-23)40-19-21-17-38(20-15-16-39-18-20)30-24-28(36-31(37-30)42-4)27(35)25(33)26(34)29(24)41-21/h5-14,20-21H,15-19H2,1-4H3. The maximum Gasteiger partial charge on any atom is 0.261 e. The first-order valence-electron chi connectivity index (χ1n) is 14.3. The van der Waals surface area contributed by atoms with E-state index >= 15 is 4.39 Å². The Kier molecular flexibility index (Phi) is 8.80. The number of rotatable bonds is 7. The molecule has 0 saturated carbocycles. The minimum Gasteiger partial charge on any atom is -0.484 e. The molecule has 11 heteroatoms. The minimum absolute atomic E-state index is 0.0446. The summed E-state index contributed by atoms with van der Waals surface area (Å²) in [6.07, 6.45) is 2.27. The summed E-state index contributed by atoms with van der Waals surface area (Å²) in [5.74, 6) is 0.446. The van der Waals surface area contributed by atoms with Crippen LogP contribution in [0.5, 0.6) is 5.75 Å². The van der Waals surface area contributed by atoms with Crippen molar-refractivity contribution in [1.82, 2.24) is 9.97 Å². The third-order valence-electron chi connectivity index (χ3n) is 8.28. The van der Waals surface area contributed by atoms with Gasteiger partial charge < -0.3 is 18.8 Å². The number of benzene rings is 3. The normalized spacial score (nSPS) is 19.0. The Balaban J connectivity index is 1.48. The smallest absolute Gasteiger partial charge is 0.261 e. The molecule has 3 aromatic carbocycles. The van der Waals surface area contributed by atoms with Crippen LogP contribution in [0, 0.1) is 5.82 Å². The fourth-order valence-corrected chi connectivity index (χ4v) is 11.8. The molecule has 4 aromatic rings. The van der Waals surface area contributed by atoms with E-state index in [0.717, 1.165) is 6.42 Å². The van der Waals surface area contributed by atoms with E-state index in [2.05, 4.69) is 95.1 Å². The third-order valence-corrected chi connectivity index (χ3v) is 15.2. The van der Waals surface area contributed by atoms with Gasteiger partial charge in [-0.3, -0.25) is 0 Å². The van der Waals surface area contributed by atoms with E-state index in [9.17, 15) is 0 Å². The molecular formula is C32H34BrClFN3O3SSi. The summed E-state index contributed by atoms with van der Waals surface area (Å²) < 4.78 is 35.7. The quantitative estimate of drug-likeness (QED) is 0.0905. The molecule has 0 aliphatic carbocycles. The van der Waals surface area contributed by atoms with Crippen LogP contribution in [-0.4, -0.2) is 63.1 Å². The van der Waals surface area contributed by atoms with Crippen molar-refractivity contribution in [3.8, 4) is 5.75 Å². The first-order valence-corrected chi connectivity index (χ1v) is 18.6. The van der Waals surface area contributed by atoms with Gasteiger partial charge in [0.1, 0.15) is 22.5 Å². The number of hydrogen-bond donors (Lipinski definition) is 0. The Morgan fingerprint density at radius 1 is 1.09 bits per heavy atom. The Morgan fingerprint density at radius 2 is 1.74 bits per heavy atom.